The number of rotatable bonds is 6. The van der Waals surface area contributed by atoms with E-state index in [4.69, 9.17) is 4.74 Å². The molecule has 1 atom stereocenters. The topological polar surface area (TPSA) is 30.2 Å². The molecule has 0 saturated carbocycles. The Hall–Kier alpha value is -3.94. The van der Waals surface area contributed by atoms with Gasteiger partial charge in [0.25, 0.3) is 6.04 Å². The van der Waals surface area contributed by atoms with Gasteiger partial charge in [0.05, 0.1) is 6.61 Å². The van der Waals surface area contributed by atoms with E-state index in [-0.39, 0.29) is 5.97 Å². The number of pyridine rings is 1. The van der Waals surface area contributed by atoms with Crippen molar-refractivity contribution in [3.63, 3.8) is 0 Å². The number of ether oxygens (including phenoxy) is 1. The molecule has 3 nitrogen and oxygen atoms in total. The van der Waals surface area contributed by atoms with Gasteiger partial charge in [0.1, 0.15) is 0 Å². The van der Waals surface area contributed by atoms with Crippen molar-refractivity contribution in [1.29, 1.82) is 0 Å². The quantitative estimate of drug-likeness (QED) is 0.121. The molecule has 1 unspecified atom stereocenters. The van der Waals surface area contributed by atoms with E-state index in [2.05, 4.69) is 53.1 Å². The first-order valence-electron chi connectivity index (χ1n) is 11.5. The van der Waals surface area contributed by atoms with Crippen LogP contribution in [0.1, 0.15) is 19.9 Å². The number of hydrogen-bond acceptors (Lipinski definition) is 2. The molecule has 0 aliphatic rings. The molecule has 1 aromatic heterocycles. The maximum Gasteiger partial charge on any atom is 0.673 e. The molecular weight excluding hydrogens is 469 g/mol. The highest BCUT2D eigenvalue weighted by Gasteiger charge is 2.32. The normalized spacial score (nSPS) is 11.7. The van der Waals surface area contributed by atoms with Gasteiger partial charge in [-0.15, -0.1) is 0 Å². The summed E-state index contributed by atoms with van der Waals surface area (Å²) in [4.78, 5) is 12.8. The molecule has 0 saturated heterocycles. The zero-order valence-electron chi connectivity index (χ0n) is 20.0. The third-order valence-electron chi connectivity index (χ3n) is 5.36. The van der Waals surface area contributed by atoms with E-state index in [1.165, 1.54) is 0 Å². The van der Waals surface area contributed by atoms with Gasteiger partial charge in [0, 0.05) is 30.2 Å². The van der Waals surface area contributed by atoms with E-state index in [1.54, 1.807) is 0 Å². The average Bonchev–Trinajstić information content (AvgIpc) is 2.88. The van der Waals surface area contributed by atoms with Gasteiger partial charge in [-0.3, -0.25) is 0 Å². The van der Waals surface area contributed by atoms with Crippen molar-refractivity contribution in [1.82, 2.24) is 0 Å². The maximum absolute atomic E-state index is 12.8. The molecule has 0 spiro atoms. The van der Waals surface area contributed by atoms with Gasteiger partial charge in [-0.1, -0.05) is 66.7 Å². The van der Waals surface area contributed by atoms with Crippen LogP contribution in [0.2, 0.25) is 0 Å². The van der Waals surface area contributed by atoms with Crippen LogP contribution >= 0.6 is 0 Å². The minimum Gasteiger partial charge on any atom is -0.461 e. The molecule has 186 valence electrons. The molecule has 0 aliphatic heterocycles. The van der Waals surface area contributed by atoms with E-state index >= 15 is 0 Å². The molecule has 0 fully saturated rings. The zero-order chi connectivity index (χ0) is 26.1. The molecule has 4 aromatic rings. The number of aromatic nitrogens is 1. The van der Waals surface area contributed by atoms with Gasteiger partial charge in [0.15, 0.2) is 0 Å². The van der Waals surface area contributed by atoms with Crippen LogP contribution in [-0.4, -0.2) is 19.8 Å². The number of halogens is 4. The fraction of sp³-hybridized carbons (Fsp3) is 0.143. The molecular formula is C28H26BF4NO2. The first-order valence-corrected chi connectivity index (χ1v) is 11.5. The van der Waals surface area contributed by atoms with E-state index in [1.807, 2.05) is 68.4 Å². The van der Waals surface area contributed by atoms with Crippen LogP contribution in [-0.2, 0) is 9.53 Å². The molecule has 3 aromatic carbocycles. The number of esters is 1. The molecule has 0 amide bonds. The lowest BCUT2D eigenvalue weighted by molar-refractivity contribution is -0.686. The summed E-state index contributed by atoms with van der Waals surface area (Å²) in [6.45, 7) is 4.09. The van der Waals surface area contributed by atoms with Gasteiger partial charge in [-0.05, 0) is 42.3 Å². The van der Waals surface area contributed by atoms with Gasteiger partial charge in [-0.2, -0.15) is 4.57 Å². The van der Waals surface area contributed by atoms with Crippen molar-refractivity contribution in [2.24, 2.45) is 0 Å². The van der Waals surface area contributed by atoms with Crippen LogP contribution in [0.3, 0.4) is 0 Å². The van der Waals surface area contributed by atoms with Crippen LogP contribution in [0.5, 0.6) is 0 Å². The average molecular weight is 495 g/mol. The van der Waals surface area contributed by atoms with Crippen LogP contribution in [0.25, 0.3) is 33.6 Å². The van der Waals surface area contributed by atoms with E-state index in [0.29, 0.717) is 6.61 Å². The fourth-order valence-corrected chi connectivity index (χ4v) is 3.85. The number of hydrogen-bond donors (Lipinski definition) is 0. The largest absolute Gasteiger partial charge is 0.673 e. The summed E-state index contributed by atoms with van der Waals surface area (Å²) < 4.78 is 46.5. The lowest BCUT2D eigenvalue weighted by Gasteiger charge is -2.16. The molecule has 0 N–H and O–H groups in total. The smallest absolute Gasteiger partial charge is 0.461 e. The van der Waals surface area contributed by atoms with Crippen LogP contribution in [0, 0.1) is 0 Å². The van der Waals surface area contributed by atoms with Crippen molar-refractivity contribution in [2.45, 2.75) is 19.9 Å². The Balaban J connectivity index is 0.000000658. The molecule has 0 bridgehead atoms. The second-order valence-electron chi connectivity index (χ2n) is 7.91. The second-order valence-corrected chi connectivity index (χ2v) is 7.91. The van der Waals surface area contributed by atoms with Gasteiger partial charge in [0.2, 0.25) is 11.4 Å². The van der Waals surface area contributed by atoms with Crippen molar-refractivity contribution < 1.29 is 31.4 Å². The second kappa shape index (κ2) is 12.2. The standard InChI is InChI=1S/C28H26NO2.BF4/c1-3-31-28(30)21(2)29-26(23-15-9-5-10-16-23)19-25(22-13-7-4-8-14-22)20-27(29)24-17-11-6-12-18-24;2-1(3,4)5/h4-21H,3H2,1-2H3;/q+1;-1. The predicted molar refractivity (Wildman–Crippen MR) is 134 cm³/mol. The van der Waals surface area contributed by atoms with Crippen LogP contribution in [0.4, 0.5) is 17.3 Å². The van der Waals surface area contributed by atoms with Crippen LogP contribution < -0.4 is 4.57 Å². The predicted octanol–water partition coefficient (Wildman–Crippen LogP) is 7.40. The summed E-state index contributed by atoms with van der Waals surface area (Å²) in [6, 6.07) is 34.6. The number of benzene rings is 3. The van der Waals surface area contributed by atoms with Gasteiger partial charge >= 0.3 is 13.2 Å². The number of carbonyl (C=O) groups is 1. The summed E-state index contributed by atoms with van der Waals surface area (Å²) in [6.07, 6.45) is 0. The van der Waals surface area contributed by atoms with Gasteiger partial charge < -0.3 is 22.0 Å². The third kappa shape index (κ3) is 7.28. The zero-order valence-corrected chi connectivity index (χ0v) is 20.0. The highest BCUT2D eigenvalue weighted by molar-refractivity contribution is 6.50. The minimum absolute atomic E-state index is 0.241. The van der Waals surface area contributed by atoms with Gasteiger partial charge in [-0.25, -0.2) is 4.79 Å². The van der Waals surface area contributed by atoms with Crippen molar-refractivity contribution in [3.05, 3.63) is 103 Å². The van der Waals surface area contributed by atoms with E-state index in [0.717, 1.165) is 33.6 Å². The highest BCUT2D eigenvalue weighted by atomic mass is 19.5. The Morgan fingerprint density at radius 1 is 0.722 bits per heavy atom. The first kappa shape index (κ1) is 26.7. The molecule has 4 rings (SSSR count). The summed E-state index contributed by atoms with van der Waals surface area (Å²) in [5.74, 6) is -0.241. The summed E-state index contributed by atoms with van der Waals surface area (Å²) in [5, 5.41) is 0. The Kier molecular flexibility index (Phi) is 9.00. The summed E-state index contributed by atoms with van der Waals surface area (Å²) in [5.41, 5.74) is 6.28. The lowest BCUT2D eigenvalue weighted by atomic mass is 9.98. The molecule has 36 heavy (non-hydrogen) atoms. The molecule has 1 heterocycles. The van der Waals surface area contributed by atoms with Crippen molar-refractivity contribution >= 4 is 13.2 Å². The van der Waals surface area contributed by atoms with Crippen LogP contribution in [0.15, 0.2) is 103 Å². The van der Waals surface area contributed by atoms with Crippen molar-refractivity contribution in [3.8, 4) is 33.6 Å². The third-order valence-corrected chi connectivity index (χ3v) is 5.36. The summed E-state index contributed by atoms with van der Waals surface area (Å²) >= 11 is 0. The maximum atomic E-state index is 12.8. The Morgan fingerprint density at radius 2 is 1.08 bits per heavy atom. The molecule has 8 heteroatoms. The number of carbonyl (C=O) groups excluding carboxylic acids is 1. The summed E-state index contributed by atoms with van der Waals surface area (Å²) in [7, 11) is -6.00. The highest BCUT2D eigenvalue weighted by Crippen LogP contribution is 2.30. The molecule has 0 aliphatic carbocycles. The fourth-order valence-electron chi connectivity index (χ4n) is 3.85. The van der Waals surface area contributed by atoms with Crippen molar-refractivity contribution in [2.75, 3.05) is 6.61 Å². The molecule has 0 radical (unpaired) electrons. The SMILES string of the molecule is CCOC(=O)C(C)[n+]1c(-c2ccccc2)cc(-c2ccccc2)cc1-c1ccccc1.F[B-](F)(F)F. The van der Waals surface area contributed by atoms with E-state index < -0.39 is 13.3 Å². The Bertz CT molecular complexity index is 1200. The monoisotopic (exact) mass is 495 g/mol. The Labute approximate surface area is 208 Å². The Morgan fingerprint density at radius 3 is 1.44 bits per heavy atom. The first-order chi connectivity index (χ1) is 17.2. The minimum atomic E-state index is -6.00. The lowest BCUT2D eigenvalue weighted by Crippen LogP contribution is -2.47. The number of nitrogens with zero attached hydrogens (tertiary/aromatic N) is 1. The van der Waals surface area contributed by atoms with E-state index in [9.17, 15) is 22.1 Å².